The lowest BCUT2D eigenvalue weighted by Gasteiger charge is -2.29. The Balaban J connectivity index is 0.973. The molecule has 0 fully saturated rings. The van der Waals surface area contributed by atoms with E-state index in [1.54, 1.807) is 0 Å². The van der Waals surface area contributed by atoms with Gasteiger partial charge in [-0.05, 0) is 93.5 Å². The quantitative estimate of drug-likeness (QED) is 0.144. The first-order valence-corrected chi connectivity index (χ1v) is 23.6. The van der Waals surface area contributed by atoms with Crippen molar-refractivity contribution in [2.24, 2.45) is 0 Å². The van der Waals surface area contributed by atoms with Crippen LogP contribution in [0.15, 0.2) is 271 Å². The van der Waals surface area contributed by atoms with Gasteiger partial charge in [0.15, 0.2) is 0 Å². The molecule has 3 heteroatoms. The Kier molecular flexibility index (Phi) is 9.84. The zero-order chi connectivity index (χ0) is 45.7. The number of benzene rings is 11. The molecule has 0 atom stereocenters. The van der Waals surface area contributed by atoms with Crippen LogP contribution in [0.1, 0.15) is 0 Å². The van der Waals surface area contributed by atoms with Crippen molar-refractivity contribution in [1.29, 1.82) is 0 Å². The number of hydrogen-bond acceptors (Lipinski definition) is 2. The van der Waals surface area contributed by atoms with Gasteiger partial charge in [0.1, 0.15) is 11.2 Å². The zero-order valence-electron chi connectivity index (χ0n) is 37.7. The zero-order valence-corrected chi connectivity index (χ0v) is 37.7. The van der Waals surface area contributed by atoms with Gasteiger partial charge in [0.2, 0.25) is 0 Å². The first-order chi connectivity index (χ1) is 34.3. The Labute approximate surface area is 401 Å². The van der Waals surface area contributed by atoms with Crippen LogP contribution in [0.4, 0.5) is 17.1 Å². The van der Waals surface area contributed by atoms with E-state index >= 15 is 0 Å². The minimum absolute atomic E-state index is 0.896. The van der Waals surface area contributed by atoms with Crippen molar-refractivity contribution in [3.8, 4) is 61.3 Å². The minimum atomic E-state index is 0.896. The molecule has 0 N–H and O–H groups in total. The lowest BCUT2D eigenvalue weighted by atomic mass is 9.91. The average Bonchev–Trinajstić information content (AvgIpc) is 3.98. The Morgan fingerprint density at radius 1 is 0.275 bits per heavy atom. The van der Waals surface area contributed by atoms with Crippen molar-refractivity contribution in [3.05, 3.63) is 267 Å². The lowest BCUT2D eigenvalue weighted by Crippen LogP contribution is -2.11. The molecule has 2 heterocycles. The van der Waals surface area contributed by atoms with Crippen LogP contribution in [0.25, 0.3) is 105 Å². The molecular weight excluding hydrogens is 837 g/mol. The number of hydrogen-bond donors (Lipinski definition) is 0. The molecule has 0 unspecified atom stereocenters. The second kappa shape index (κ2) is 16.9. The molecule has 3 nitrogen and oxygen atoms in total. The average molecular weight is 881 g/mol. The molecule has 0 amide bonds. The summed E-state index contributed by atoms with van der Waals surface area (Å²) in [5.41, 5.74) is 20.0. The number of aromatic nitrogens is 1. The number of fused-ring (bicyclic) bond motifs is 6. The van der Waals surface area contributed by atoms with Gasteiger partial charge in [-0.25, -0.2) is 0 Å². The summed E-state index contributed by atoms with van der Waals surface area (Å²) in [7, 11) is 0. The Morgan fingerprint density at radius 2 is 0.710 bits per heavy atom. The van der Waals surface area contributed by atoms with Crippen LogP contribution in [-0.2, 0) is 0 Å². The molecule has 0 saturated heterocycles. The van der Waals surface area contributed by atoms with Crippen molar-refractivity contribution in [1.82, 2.24) is 4.57 Å². The van der Waals surface area contributed by atoms with Crippen molar-refractivity contribution < 1.29 is 4.42 Å². The highest BCUT2D eigenvalue weighted by molar-refractivity contribution is 6.11. The topological polar surface area (TPSA) is 21.3 Å². The van der Waals surface area contributed by atoms with Crippen molar-refractivity contribution in [2.75, 3.05) is 4.90 Å². The lowest BCUT2D eigenvalue weighted by molar-refractivity contribution is 0.670. The fourth-order valence-corrected chi connectivity index (χ4v) is 10.5. The van der Waals surface area contributed by atoms with Crippen LogP contribution < -0.4 is 4.90 Å². The van der Waals surface area contributed by atoms with Crippen molar-refractivity contribution >= 4 is 60.8 Å². The predicted molar refractivity (Wildman–Crippen MR) is 290 cm³/mol. The number of anilines is 3. The molecule has 0 aliphatic rings. The van der Waals surface area contributed by atoms with E-state index in [9.17, 15) is 0 Å². The minimum Gasteiger partial charge on any atom is -0.455 e. The van der Waals surface area contributed by atoms with Crippen LogP contribution in [0, 0.1) is 0 Å². The summed E-state index contributed by atoms with van der Waals surface area (Å²) in [5, 5.41) is 4.73. The Hall–Kier alpha value is -9.18. The molecule has 0 aliphatic carbocycles. The van der Waals surface area contributed by atoms with E-state index in [1.807, 2.05) is 12.1 Å². The highest BCUT2D eigenvalue weighted by Crippen LogP contribution is 2.47. The SMILES string of the molecule is c1ccc(-c2ccccc2-c2ccc(N(c3ccc(-c4cccc5c4oc4ccccc45)cc3)c3ccccc3-c3ccccc3-c3ccccc3-n3c4ccccc4c4ccccc43)cc2)cc1. The summed E-state index contributed by atoms with van der Waals surface area (Å²) in [5.74, 6) is 0. The molecule has 0 aliphatic heterocycles. The third-order valence-electron chi connectivity index (χ3n) is 13.7. The highest BCUT2D eigenvalue weighted by Gasteiger charge is 2.22. The maximum absolute atomic E-state index is 6.51. The normalized spacial score (nSPS) is 11.5. The number of rotatable bonds is 9. The molecule has 69 heavy (non-hydrogen) atoms. The van der Waals surface area contributed by atoms with Crippen molar-refractivity contribution in [3.63, 3.8) is 0 Å². The molecule has 0 bridgehead atoms. The standard InChI is InChI=1S/C66H44N2O/c1-2-19-45(20-3-1)50-21-4-5-22-51(50)46-37-41-48(42-38-46)67(49-43-39-47(40-44-49)52-30-18-31-60-59-29-12-17-36-65(59)69-66(52)60)61-32-13-8-25-55(61)53-23-6-7-24-54(53)56-26-9-14-33-62(56)68-63-34-15-10-27-57(63)58-28-11-16-35-64(58)68/h1-44H. The molecule has 324 valence electrons. The maximum Gasteiger partial charge on any atom is 0.143 e. The molecule has 0 saturated carbocycles. The van der Waals surface area contributed by atoms with Gasteiger partial charge >= 0.3 is 0 Å². The second-order valence-electron chi connectivity index (χ2n) is 17.6. The first kappa shape index (κ1) is 40.1. The molecular formula is C66H44N2O. The van der Waals surface area contributed by atoms with E-state index in [4.69, 9.17) is 4.42 Å². The summed E-state index contributed by atoms with van der Waals surface area (Å²) in [6, 6.07) is 96.1. The van der Waals surface area contributed by atoms with Crippen LogP contribution >= 0.6 is 0 Å². The van der Waals surface area contributed by atoms with Crippen LogP contribution in [0.5, 0.6) is 0 Å². The number of nitrogens with zero attached hydrogens (tertiary/aromatic N) is 2. The van der Waals surface area contributed by atoms with Gasteiger partial charge in [0, 0.05) is 49.6 Å². The number of para-hydroxylation sites is 6. The molecule has 13 aromatic rings. The van der Waals surface area contributed by atoms with E-state index in [-0.39, 0.29) is 0 Å². The highest BCUT2D eigenvalue weighted by atomic mass is 16.3. The Morgan fingerprint density at radius 3 is 1.36 bits per heavy atom. The van der Waals surface area contributed by atoms with Crippen LogP contribution in [-0.4, -0.2) is 4.57 Å². The third kappa shape index (κ3) is 6.91. The molecule has 11 aromatic carbocycles. The monoisotopic (exact) mass is 880 g/mol. The fourth-order valence-electron chi connectivity index (χ4n) is 10.5. The maximum atomic E-state index is 6.51. The van der Waals surface area contributed by atoms with E-state index in [0.717, 1.165) is 83.6 Å². The summed E-state index contributed by atoms with van der Waals surface area (Å²) < 4.78 is 8.94. The third-order valence-corrected chi connectivity index (χ3v) is 13.7. The van der Waals surface area contributed by atoms with E-state index in [2.05, 4.69) is 264 Å². The molecule has 13 rings (SSSR count). The van der Waals surface area contributed by atoms with Gasteiger partial charge in [-0.1, -0.05) is 212 Å². The fraction of sp³-hybridized carbons (Fsp3) is 0. The van der Waals surface area contributed by atoms with Gasteiger partial charge in [-0.3, -0.25) is 0 Å². The van der Waals surface area contributed by atoms with Gasteiger partial charge in [-0.15, -0.1) is 0 Å². The van der Waals surface area contributed by atoms with E-state index in [1.165, 1.54) is 38.5 Å². The van der Waals surface area contributed by atoms with E-state index in [0.29, 0.717) is 0 Å². The largest absolute Gasteiger partial charge is 0.455 e. The molecule has 0 radical (unpaired) electrons. The van der Waals surface area contributed by atoms with Crippen LogP contribution in [0.3, 0.4) is 0 Å². The first-order valence-electron chi connectivity index (χ1n) is 23.6. The van der Waals surface area contributed by atoms with Crippen LogP contribution in [0.2, 0.25) is 0 Å². The van der Waals surface area contributed by atoms with Gasteiger partial charge < -0.3 is 13.9 Å². The second-order valence-corrected chi connectivity index (χ2v) is 17.6. The molecule has 0 spiro atoms. The van der Waals surface area contributed by atoms with Crippen molar-refractivity contribution in [2.45, 2.75) is 0 Å². The van der Waals surface area contributed by atoms with Gasteiger partial charge in [0.05, 0.1) is 22.4 Å². The summed E-state index contributed by atoms with van der Waals surface area (Å²) in [6.45, 7) is 0. The summed E-state index contributed by atoms with van der Waals surface area (Å²) >= 11 is 0. The smallest absolute Gasteiger partial charge is 0.143 e. The predicted octanol–water partition coefficient (Wildman–Crippen LogP) is 18.5. The van der Waals surface area contributed by atoms with Gasteiger partial charge in [-0.2, -0.15) is 0 Å². The summed E-state index contributed by atoms with van der Waals surface area (Å²) in [6.07, 6.45) is 0. The summed E-state index contributed by atoms with van der Waals surface area (Å²) in [4.78, 5) is 2.41. The molecule has 2 aromatic heterocycles. The van der Waals surface area contributed by atoms with E-state index < -0.39 is 0 Å². The Bertz CT molecular complexity index is 3960. The number of furan rings is 1. The van der Waals surface area contributed by atoms with Gasteiger partial charge in [0.25, 0.3) is 0 Å².